The van der Waals surface area contributed by atoms with Crippen LogP contribution in [0.2, 0.25) is 0 Å². The van der Waals surface area contributed by atoms with Crippen LogP contribution in [0.5, 0.6) is 0 Å². The van der Waals surface area contributed by atoms with E-state index in [2.05, 4.69) is 33.4 Å². The van der Waals surface area contributed by atoms with Gasteiger partial charge in [0.25, 0.3) is 0 Å². The fourth-order valence-corrected chi connectivity index (χ4v) is 2.69. The predicted molar refractivity (Wildman–Crippen MR) is 94.6 cm³/mol. The molecule has 0 unspecified atom stereocenters. The lowest BCUT2D eigenvalue weighted by molar-refractivity contribution is 0.0565. The number of esters is 1. The minimum Gasteiger partial charge on any atom is -0.463 e. The molecule has 3 rings (SSSR count). The van der Waals surface area contributed by atoms with E-state index in [0.717, 1.165) is 37.8 Å². The van der Waals surface area contributed by atoms with Crippen molar-refractivity contribution < 1.29 is 13.9 Å². The van der Waals surface area contributed by atoms with Gasteiger partial charge >= 0.3 is 5.97 Å². The van der Waals surface area contributed by atoms with Gasteiger partial charge in [0, 0.05) is 37.8 Å². The van der Waals surface area contributed by atoms with Gasteiger partial charge in [-0.1, -0.05) is 11.8 Å². The number of hydrogen-bond donors (Lipinski definition) is 0. The molecule has 0 saturated carbocycles. The van der Waals surface area contributed by atoms with Gasteiger partial charge < -0.3 is 14.1 Å². The van der Waals surface area contributed by atoms with Crippen LogP contribution in [0, 0.1) is 11.8 Å². The second-order valence-corrected chi connectivity index (χ2v) is 6.06. The van der Waals surface area contributed by atoms with Crippen LogP contribution in [0.25, 0.3) is 11.0 Å². The van der Waals surface area contributed by atoms with Crippen LogP contribution in [0.4, 0.5) is 0 Å². The van der Waals surface area contributed by atoms with Crippen molar-refractivity contribution in [1.82, 2.24) is 9.80 Å². The normalized spacial score (nSPS) is 15.6. The Labute approximate surface area is 146 Å². The highest BCUT2D eigenvalue weighted by Gasteiger charge is 2.13. The van der Waals surface area contributed by atoms with Crippen molar-refractivity contribution >= 4 is 16.9 Å². The van der Waals surface area contributed by atoms with Crippen LogP contribution in [0.3, 0.4) is 0 Å². The Balaban J connectivity index is 1.78. The highest BCUT2D eigenvalue weighted by molar-refractivity contribution is 5.89. The van der Waals surface area contributed by atoms with E-state index >= 15 is 0 Å². The molecule has 0 N–H and O–H groups in total. The number of likely N-dealkylation sites (N-methyl/N-ethyl adjacent to an activating group) is 1. The van der Waals surface area contributed by atoms with E-state index in [9.17, 15) is 9.59 Å². The Morgan fingerprint density at radius 1 is 1.24 bits per heavy atom. The first-order valence-corrected chi connectivity index (χ1v) is 8.13. The zero-order valence-electron chi connectivity index (χ0n) is 14.4. The van der Waals surface area contributed by atoms with Crippen molar-refractivity contribution in [2.75, 3.05) is 46.9 Å². The van der Waals surface area contributed by atoms with Crippen molar-refractivity contribution in [3.05, 3.63) is 45.8 Å². The fraction of sp³-hybridized carbons (Fsp3) is 0.368. The smallest absolute Gasteiger partial charge is 0.374 e. The predicted octanol–water partition coefficient (Wildman–Crippen LogP) is 1.18. The van der Waals surface area contributed by atoms with E-state index in [1.54, 1.807) is 18.2 Å². The number of carbonyl (C=O) groups is 1. The molecule has 25 heavy (non-hydrogen) atoms. The number of hydrogen-bond acceptors (Lipinski definition) is 6. The van der Waals surface area contributed by atoms with Crippen LogP contribution in [-0.4, -0.2) is 62.7 Å². The van der Waals surface area contributed by atoms with Gasteiger partial charge in [0.15, 0.2) is 5.43 Å². The quantitative estimate of drug-likeness (QED) is 0.604. The molecule has 2 heterocycles. The van der Waals surface area contributed by atoms with Gasteiger partial charge in [-0.3, -0.25) is 9.69 Å². The van der Waals surface area contributed by atoms with Gasteiger partial charge in [-0.05, 0) is 25.2 Å². The molecule has 6 heteroatoms. The largest absolute Gasteiger partial charge is 0.463 e. The van der Waals surface area contributed by atoms with Crippen LogP contribution in [-0.2, 0) is 4.74 Å². The SMILES string of the molecule is COC(=O)c1cc(=O)c2cc(C#CCN3CCN(C)CC3)ccc2o1. The fourth-order valence-electron chi connectivity index (χ4n) is 2.69. The summed E-state index contributed by atoms with van der Waals surface area (Å²) in [5.41, 5.74) is 0.807. The number of benzene rings is 1. The molecule has 1 aromatic carbocycles. The first-order chi connectivity index (χ1) is 12.1. The highest BCUT2D eigenvalue weighted by atomic mass is 16.5. The van der Waals surface area contributed by atoms with Crippen molar-refractivity contribution in [2.24, 2.45) is 0 Å². The number of nitrogens with zero attached hydrogens (tertiary/aromatic N) is 2. The first-order valence-electron chi connectivity index (χ1n) is 8.13. The first kappa shape index (κ1) is 17.2. The second-order valence-electron chi connectivity index (χ2n) is 6.06. The highest BCUT2D eigenvalue weighted by Crippen LogP contribution is 2.14. The molecule has 1 aromatic heterocycles. The summed E-state index contributed by atoms with van der Waals surface area (Å²) in [7, 11) is 3.36. The number of piperazine rings is 1. The average Bonchev–Trinajstić information content (AvgIpc) is 2.63. The van der Waals surface area contributed by atoms with Gasteiger partial charge in [0.2, 0.25) is 5.76 Å². The van der Waals surface area contributed by atoms with E-state index in [-0.39, 0.29) is 11.2 Å². The molecule has 1 saturated heterocycles. The maximum Gasteiger partial charge on any atom is 0.374 e. The number of fused-ring (bicyclic) bond motifs is 1. The Bertz CT molecular complexity index is 899. The number of carbonyl (C=O) groups excluding carboxylic acids is 1. The third-order valence-corrected chi connectivity index (χ3v) is 4.24. The van der Waals surface area contributed by atoms with E-state index in [1.165, 1.54) is 7.11 Å². The summed E-state index contributed by atoms with van der Waals surface area (Å²) < 4.78 is 10.0. The Morgan fingerprint density at radius 2 is 2.00 bits per heavy atom. The summed E-state index contributed by atoms with van der Waals surface area (Å²) in [6.45, 7) is 4.86. The van der Waals surface area contributed by atoms with E-state index in [4.69, 9.17) is 4.42 Å². The number of ether oxygens (including phenoxy) is 1. The molecule has 0 atom stereocenters. The molecule has 0 amide bonds. The van der Waals surface area contributed by atoms with Crippen LogP contribution >= 0.6 is 0 Å². The van der Waals surface area contributed by atoms with E-state index in [0.29, 0.717) is 17.5 Å². The standard InChI is InChI=1S/C19H20N2O4/c1-20-8-10-21(11-9-20)7-3-4-14-5-6-17-15(12-14)16(22)13-18(25-17)19(23)24-2/h5-6,12-13H,7-11H2,1-2H3. The molecule has 1 fully saturated rings. The third-order valence-electron chi connectivity index (χ3n) is 4.24. The second kappa shape index (κ2) is 7.51. The Hall–Kier alpha value is -2.62. The minimum absolute atomic E-state index is 0.103. The molecule has 1 aliphatic heterocycles. The van der Waals surface area contributed by atoms with Crippen molar-refractivity contribution in [1.29, 1.82) is 0 Å². The van der Waals surface area contributed by atoms with Crippen LogP contribution in [0.15, 0.2) is 33.5 Å². The molecule has 0 spiro atoms. The van der Waals surface area contributed by atoms with Gasteiger partial charge in [-0.2, -0.15) is 0 Å². The zero-order valence-corrected chi connectivity index (χ0v) is 14.4. The lowest BCUT2D eigenvalue weighted by Gasteiger charge is -2.30. The Morgan fingerprint density at radius 3 is 2.72 bits per heavy atom. The average molecular weight is 340 g/mol. The summed E-state index contributed by atoms with van der Waals surface area (Å²) in [4.78, 5) is 28.3. The summed E-state index contributed by atoms with van der Waals surface area (Å²) in [5, 5.41) is 0.402. The lowest BCUT2D eigenvalue weighted by Crippen LogP contribution is -2.44. The zero-order chi connectivity index (χ0) is 17.8. The monoisotopic (exact) mass is 340 g/mol. The summed E-state index contributed by atoms with van der Waals surface area (Å²) >= 11 is 0. The van der Waals surface area contributed by atoms with Crippen LogP contribution in [0.1, 0.15) is 16.1 Å². The molecular formula is C19H20N2O4. The molecule has 2 aromatic rings. The molecule has 0 bridgehead atoms. The number of methoxy groups -OCH3 is 1. The summed E-state index contributed by atoms with van der Waals surface area (Å²) in [5.74, 6) is 5.48. The van der Waals surface area contributed by atoms with Gasteiger partial charge in [-0.25, -0.2) is 4.79 Å². The lowest BCUT2D eigenvalue weighted by atomic mass is 10.1. The maximum absolute atomic E-state index is 12.2. The molecular weight excluding hydrogens is 320 g/mol. The van der Waals surface area contributed by atoms with Crippen molar-refractivity contribution in [2.45, 2.75) is 0 Å². The summed E-state index contributed by atoms with van der Waals surface area (Å²) in [6.07, 6.45) is 0. The van der Waals surface area contributed by atoms with E-state index < -0.39 is 5.97 Å². The van der Waals surface area contributed by atoms with Crippen molar-refractivity contribution in [3.8, 4) is 11.8 Å². The van der Waals surface area contributed by atoms with Crippen LogP contribution < -0.4 is 5.43 Å². The molecule has 130 valence electrons. The third kappa shape index (κ3) is 4.08. The van der Waals surface area contributed by atoms with Gasteiger partial charge in [-0.15, -0.1) is 0 Å². The number of rotatable bonds is 2. The van der Waals surface area contributed by atoms with Gasteiger partial charge in [0.05, 0.1) is 19.0 Å². The topological polar surface area (TPSA) is 63.0 Å². The molecule has 0 radical (unpaired) electrons. The van der Waals surface area contributed by atoms with Crippen molar-refractivity contribution in [3.63, 3.8) is 0 Å². The van der Waals surface area contributed by atoms with E-state index in [1.807, 2.05) is 0 Å². The molecule has 6 nitrogen and oxygen atoms in total. The minimum atomic E-state index is -0.671. The molecule has 0 aliphatic carbocycles. The molecule has 1 aliphatic rings. The Kier molecular flexibility index (Phi) is 5.17. The maximum atomic E-state index is 12.2. The van der Waals surface area contributed by atoms with Gasteiger partial charge in [0.1, 0.15) is 5.58 Å². The summed E-state index contributed by atoms with van der Waals surface area (Å²) in [6, 6.07) is 6.28.